The molecule has 20 heavy (non-hydrogen) atoms. The molecule has 2 rings (SSSR count). The van der Waals surface area contributed by atoms with Crippen LogP contribution in [-0.4, -0.2) is 22.7 Å². The fourth-order valence-corrected chi connectivity index (χ4v) is 2.25. The number of aromatic nitrogens is 2. The van der Waals surface area contributed by atoms with Crippen LogP contribution >= 0.6 is 11.3 Å². The summed E-state index contributed by atoms with van der Waals surface area (Å²) in [6.07, 6.45) is 0. The first kappa shape index (κ1) is 14.5. The van der Waals surface area contributed by atoms with Crippen molar-refractivity contribution in [3.05, 3.63) is 24.3 Å². The van der Waals surface area contributed by atoms with E-state index < -0.39 is 0 Å². The summed E-state index contributed by atoms with van der Waals surface area (Å²) >= 11 is 1.36. The van der Waals surface area contributed by atoms with Gasteiger partial charge in [-0.2, -0.15) is 0 Å². The van der Waals surface area contributed by atoms with E-state index in [2.05, 4.69) is 15.5 Å². The molecule has 6 heteroatoms. The molecule has 0 fully saturated rings. The van der Waals surface area contributed by atoms with Gasteiger partial charge in [-0.05, 0) is 31.2 Å². The van der Waals surface area contributed by atoms with Crippen LogP contribution in [0.2, 0.25) is 0 Å². The molecule has 1 N–H and O–H groups in total. The minimum Gasteiger partial charge on any atom is -0.494 e. The number of hydrogen-bond donors (Lipinski definition) is 1. The quantitative estimate of drug-likeness (QED) is 0.918. The van der Waals surface area contributed by atoms with Gasteiger partial charge in [0.1, 0.15) is 10.8 Å². The predicted octanol–water partition coefficient (Wildman–Crippen LogP) is 3.20. The van der Waals surface area contributed by atoms with E-state index in [4.69, 9.17) is 4.74 Å². The fourth-order valence-electron chi connectivity index (χ4n) is 1.50. The smallest absolute Gasteiger partial charge is 0.228 e. The van der Waals surface area contributed by atoms with Gasteiger partial charge in [0.25, 0.3) is 0 Å². The summed E-state index contributed by atoms with van der Waals surface area (Å²) in [5, 5.41) is 12.1. The maximum atomic E-state index is 11.6. The molecule has 0 saturated heterocycles. The van der Waals surface area contributed by atoms with Gasteiger partial charge in [0, 0.05) is 11.5 Å². The normalized spacial score (nSPS) is 10.6. The lowest BCUT2D eigenvalue weighted by molar-refractivity contribution is -0.118. The zero-order chi connectivity index (χ0) is 14.5. The summed E-state index contributed by atoms with van der Waals surface area (Å²) in [7, 11) is 0. The maximum absolute atomic E-state index is 11.6. The van der Waals surface area contributed by atoms with E-state index >= 15 is 0 Å². The van der Waals surface area contributed by atoms with Crippen LogP contribution in [-0.2, 0) is 4.79 Å². The van der Waals surface area contributed by atoms with Crippen molar-refractivity contribution in [3.8, 4) is 16.3 Å². The number of anilines is 1. The van der Waals surface area contributed by atoms with Gasteiger partial charge in [-0.25, -0.2) is 0 Å². The number of hydrogen-bond acceptors (Lipinski definition) is 5. The molecule has 1 heterocycles. The van der Waals surface area contributed by atoms with Gasteiger partial charge in [-0.15, -0.1) is 10.2 Å². The molecule has 1 aromatic heterocycles. The van der Waals surface area contributed by atoms with Crippen molar-refractivity contribution >= 4 is 22.4 Å². The molecule has 0 aliphatic rings. The Morgan fingerprint density at radius 3 is 2.60 bits per heavy atom. The monoisotopic (exact) mass is 291 g/mol. The minimum absolute atomic E-state index is 0.0561. The van der Waals surface area contributed by atoms with Crippen molar-refractivity contribution in [3.63, 3.8) is 0 Å². The highest BCUT2D eigenvalue weighted by atomic mass is 32.1. The number of nitrogens with one attached hydrogen (secondary N) is 1. The number of benzene rings is 1. The van der Waals surface area contributed by atoms with Gasteiger partial charge in [0.05, 0.1) is 6.61 Å². The van der Waals surface area contributed by atoms with Gasteiger partial charge in [0.15, 0.2) is 0 Å². The topological polar surface area (TPSA) is 64.1 Å². The van der Waals surface area contributed by atoms with Crippen LogP contribution in [0.5, 0.6) is 5.75 Å². The first-order chi connectivity index (χ1) is 9.60. The summed E-state index contributed by atoms with van der Waals surface area (Å²) in [6.45, 7) is 6.26. The van der Waals surface area contributed by atoms with Gasteiger partial charge >= 0.3 is 0 Å². The maximum Gasteiger partial charge on any atom is 0.228 e. The molecular formula is C14H17N3O2S. The van der Waals surface area contributed by atoms with Crippen molar-refractivity contribution in [2.45, 2.75) is 20.8 Å². The first-order valence-electron chi connectivity index (χ1n) is 6.47. The van der Waals surface area contributed by atoms with Crippen molar-refractivity contribution in [2.75, 3.05) is 11.9 Å². The summed E-state index contributed by atoms with van der Waals surface area (Å²) in [5.74, 6) is 0.696. The van der Waals surface area contributed by atoms with Crippen LogP contribution in [0.1, 0.15) is 20.8 Å². The molecule has 0 atom stereocenters. The molecule has 0 bridgehead atoms. The van der Waals surface area contributed by atoms with Crippen LogP contribution in [0.4, 0.5) is 5.13 Å². The van der Waals surface area contributed by atoms with Crippen LogP contribution in [0.25, 0.3) is 10.6 Å². The Bertz CT molecular complexity index is 578. The van der Waals surface area contributed by atoms with Gasteiger partial charge in [0.2, 0.25) is 11.0 Å². The van der Waals surface area contributed by atoms with E-state index in [0.29, 0.717) is 11.7 Å². The van der Waals surface area contributed by atoms with Gasteiger partial charge < -0.3 is 10.1 Å². The molecule has 0 radical (unpaired) electrons. The van der Waals surface area contributed by atoms with Crippen molar-refractivity contribution in [1.29, 1.82) is 0 Å². The number of amides is 1. The molecular weight excluding hydrogens is 274 g/mol. The van der Waals surface area contributed by atoms with E-state index in [1.807, 2.05) is 45.0 Å². The highest BCUT2D eigenvalue weighted by Gasteiger charge is 2.12. The standard InChI is InChI=1S/C14H17N3O2S/c1-4-19-11-7-5-10(6-8-11)13-16-17-14(20-13)15-12(18)9(2)3/h5-9H,4H2,1-3H3,(H,15,17,18). The number of carbonyl (C=O) groups excluding carboxylic acids is 1. The molecule has 0 aliphatic heterocycles. The van der Waals surface area contributed by atoms with Crippen LogP contribution < -0.4 is 10.1 Å². The number of carbonyl (C=O) groups is 1. The second kappa shape index (κ2) is 6.47. The van der Waals surface area contributed by atoms with Crippen molar-refractivity contribution in [2.24, 2.45) is 5.92 Å². The van der Waals surface area contributed by atoms with Crippen LogP contribution in [0, 0.1) is 5.92 Å². The molecule has 5 nitrogen and oxygen atoms in total. The molecule has 106 valence electrons. The Labute approximate surface area is 122 Å². The Morgan fingerprint density at radius 1 is 1.30 bits per heavy atom. The fraction of sp³-hybridized carbons (Fsp3) is 0.357. The molecule has 0 unspecified atom stereocenters. The Kier molecular flexibility index (Phi) is 4.68. The molecule has 0 saturated carbocycles. The highest BCUT2D eigenvalue weighted by molar-refractivity contribution is 7.18. The summed E-state index contributed by atoms with van der Waals surface area (Å²) in [6, 6.07) is 7.65. The largest absolute Gasteiger partial charge is 0.494 e. The molecule has 1 amide bonds. The van der Waals surface area contributed by atoms with E-state index in [1.54, 1.807) is 0 Å². The van der Waals surface area contributed by atoms with Gasteiger partial charge in [-0.1, -0.05) is 25.2 Å². The summed E-state index contributed by atoms with van der Waals surface area (Å²) in [4.78, 5) is 11.6. The third-order valence-corrected chi connectivity index (χ3v) is 3.48. The second-order valence-corrected chi connectivity index (χ2v) is 5.49. The highest BCUT2D eigenvalue weighted by Crippen LogP contribution is 2.27. The third-order valence-electron chi connectivity index (χ3n) is 2.59. The van der Waals surface area contributed by atoms with Crippen molar-refractivity contribution < 1.29 is 9.53 Å². The lowest BCUT2D eigenvalue weighted by atomic mass is 10.2. The minimum atomic E-state index is -0.0761. The van der Waals surface area contributed by atoms with Crippen molar-refractivity contribution in [1.82, 2.24) is 10.2 Å². The van der Waals surface area contributed by atoms with Crippen LogP contribution in [0.15, 0.2) is 24.3 Å². The lowest BCUT2D eigenvalue weighted by Gasteiger charge is -2.03. The van der Waals surface area contributed by atoms with E-state index in [9.17, 15) is 4.79 Å². The zero-order valence-corrected chi connectivity index (χ0v) is 12.5. The van der Waals surface area contributed by atoms with Gasteiger partial charge in [-0.3, -0.25) is 4.79 Å². The Balaban J connectivity index is 2.10. The third kappa shape index (κ3) is 3.54. The van der Waals surface area contributed by atoms with E-state index in [1.165, 1.54) is 11.3 Å². The number of ether oxygens (including phenoxy) is 1. The summed E-state index contributed by atoms with van der Waals surface area (Å²) in [5.41, 5.74) is 0.955. The SMILES string of the molecule is CCOc1ccc(-c2nnc(NC(=O)C(C)C)s2)cc1. The Hall–Kier alpha value is -1.95. The van der Waals surface area contributed by atoms with Crippen LogP contribution in [0.3, 0.4) is 0 Å². The van der Waals surface area contributed by atoms with E-state index in [0.717, 1.165) is 16.3 Å². The zero-order valence-electron chi connectivity index (χ0n) is 11.7. The lowest BCUT2D eigenvalue weighted by Crippen LogP contribution is -2.17. The molecule has 2 aromatic rings. The molecule has 1 aromatic carbocycles. The molecule has 0 spiro atoms. The van der Waals surface area contributed by atoms with E-state index in [-0.39, 0.29) is 11.8 Å². The predicted molar refractivity (Wildman–Crippen MR) is 80.0 cm³/mol. The summed E-state index contributed by atoms with van der Waals surface area (Å²) < 4.78 is 5.39. The molecule has 0 aliphatic carbocycles. The number of nitrogens with zero attached hydrogens (tertiary/aromatic N) is 2. The second-order valence-electron chi connectivity index (χ2n) is 4.51. The Morgan fingerprint density at radius 2 is 2.00 bits per heavy atom. The average Bonchev–Trinajstić information content (AvgIpc) is 2.88. The number of rotatable bonds is 5. The first-order valence-corrected chi connectivity index (χ1v) is 7.29. The average molecular weight is 291 g/mol.